The molecule has 13 heavy (non-hydrogen) atoms. The van der Waals surface area contributed by atoms with E-state index in [0.717, 1.165) is 13.0 Å². The third-order valence-electron chi connectivity index (χ3n) is 1.54. The first kappa shape index (κ1) is 10.0. The van der Waals surface area contributed by atoms with E-state index in [-0.39, 0.29) is 6.09 Å². The van der Waals surface area contributed by atoms with E-state index < -0.39 is 5.60 Å². The Hall–Kier alpha value is -1.06. The highest BCUT2D eigenvalue weighted by Gasteiger charge is 2.21. The third-order valence-corrected chi connectivity index (χ3v) is 1.54. The molecule has 0 radical (unpaired) electrons. The Morgan fingerprint density at radius 3 is 2.69 bits per heavy atom. The lowest BCUT2D eigenvalue weighted by atomic mass is 10.2. The highest BCUT2D eigenvalue weighted by atomic mass is 16.6. The van der Waals surface area contributed by atoms with Crippen molar-refractivity contribution in [1.82, 2.24) is 4.90 Å². The van der Waals surface area contributed by atoms with Crippen LogP contribution in [-0.4, -0.2) is 36.0 Å². The Bertz CT molecular complexity index is 218. The monoisotopic (exact) mass is 184 g/mol. The predicted octanol–water partition coefficient (Wildman–Crippen LogP) is 1.66. The maximum atomic E-state index is 11.4. The Labute approximate surface area is 78.6 Å². The number of rotatable bonds is 0. The fraction of sp³-hybridized carbons (Fsp3) is 0.778. The van der Waals surface area contributed by atoms with Crippen molar-refractivity contribution in [2.75, 3.05) is 13.1 Å². The van der Waals surface area contributed by atoms with Crippen molar-refractivity contribution in [2.24, 2.45) is 4.99 Å². The SMILES string of the molecule is CC(C)(C)OC(=O)N1C=NCCC1. The van der Waals surface area contributed by atoms with Gasteiger partial charge < -0.3 is 4.74 Å². The van der Waals surface area contributed by atoms with Crippen molar-refractivity contribution in [3.8, 4) is 0 Å². The second kappa shape index (κ2) is 3.77. The lowest BCUT2D eigenvalue weighted by Gasteiger charge is -2.25. The Kier molecular flexibility index (Phi) is 2.90. The van der Waals surface area contributed by atoms with Gasteiger partial charge in [0.25, 0.3) is 0 Å². The van der Waals surface area contributed by atoms with Crippen molar-refractivity contribution < 1.29 is 9.53 Å². The largest absolute Gasteiger partial charge is 0.443 e. The topological polar surface area (TPSA) is 41.9 Å². The van der Waals surface area contributed by atoms with Gasteiger partial charge in [0.05, 0.1) is 6.34 Å². The van der Waals surface area contributed by atoms with Crippen LogP contribution in [0.5, 0.6) is 0 Å². The molecule has 0 aromatic heterocycles. The zero-order valence-corrected chi connectivity index (χ0v) is 8.41. The molecule has 4 nitrogen and oxygen atoms in total. The molecule has 0 saturated carbocycles. The van der Waals surface area contributed by atoms with Gasteiger partial charge in [-0.25, -0.2) is 4.79 Å². The van der Waals surface area contributed by atoms with Gasteiger partial charge in [-0.3, -0.25) is 9.89 Å². The fourth-order valence-electron chi connectivity index (χ4n) is 1.01. The van der Waals surface area contributed by atoms with Gasteiger partial charge in [-0.05, 0) is 27.2 Å². The molecule has 1 aliphatic heterocycles. The molecule has 4 heteroatoms. The summed E-state index contributed by atoms with van der Waals surface area (Å²) in [4.78, 5) is 16.9. The van der Waals surface area contributed by atoms with E-state index in [4.69, 9.17) is 4.74 Å². The van der Waals surface area contributed by atoms with E-state index in [1.54, 1.807) is 6.34 Å². The first-order valence-electron chi connectivity index (χ1n) is 4.48. The molecular weight excluding hydrogens is 168 g/mol. The first-order chi connectivity index (χ1) is 5.99. The summed E-state index contributed by atoms with van der Waals surface area (Å²) >= 11 is 0. The van der Waals surface area contributed by atoms with Crippen LogP contribution in [0.3, 0.4) is 0 Å². The molecule has 1 aliphatic rings. The molecule has 0 N–H and O–H groups in total. The van der Waals surface area contributed by atoms with Gasteiger partial charge in [-0.15, -0.1) is 0 Å². The molecule has 0 fully saturated rings. The quantitative estimate of drug-likeness (QED) is 0.574. The summed E-state index contributed by atoms with van der Waals surface area (Å²) in [6.45, 7) is 7.07. The maximum absolute atomic E-state index is 11.4. The lowest BCUT2D eigenvalue weighted by molar-refractivity contribution is 0.0371. The third kappa shape index (κ3) is 3.44. The number of amides is 1. The Balaban J connectivity index is 2.47. The van der Waals surface area contributed by atoms with Crippen molar-refractivity contribution in [3.63, 3.8) is 0 Å². The minimum absolute atomic E-state index is 0.309. The molecule has 0 saturated heterocycles. The normalized spacial score (nSPS) is 17.3. The smallest absolute Gasteiger partial charge is 0.415 e. The summed E-state index contributed by atoms with van der Waals surface area (Å²) in [7, 11) is 0. The van der Waals surface area contributed by atoms with E-state index in [1.807, 2.05) is 20.8 Å². The molecular formula is C9H16N2O2. The Morgan fingerprint density at radius 1 is 1.54 bits per heavy atom. The van der Waals surface area contributed by atoms with Crippen molar-refractivity contribution in [1.29, 1.82) is 0 Å². The summed E-state index contributed by atoms with van der Waals surface area (Å²) < 4.78 is 5.17. The molecule has 1 amide bonds. The van der Waals surface area contributed by atoms with E-state index in [0.29, 0.717) is 6.54 Å². The molecule has 0 atom stereocenters. The molecule has 1 rings (SSSR count). The lowest BCUT2D eigenvalue weighted by Crippen LogP contribution is -2.38. The minimum atomic E-state index is -0.428. The number of hydrogen-bond donors (Lipinski definition) is 0. The molecule has 74 valence electrons. The van der Waals surface area contributed by atoms with Gasteiger partial charge in [0, 0.05) is 13.1 Å². The van der Waals surface area contributed by atoms with Crippen molar-refractivity contribution in [3.05, 3.63) is 0 Å². The maximum Gasteiger partial charge on any atom is 0.415 e. The van der Waals surface area contributed by atoms with Crippen LogP contribution in [-0.2, 0) is 4.74 Å². The van der Waals surface area contributed by atoms with Gasteiger partial charge in [0.15, 0.2) is 0 Å². The van der Waals surface area contributed by atoms with Gasteiger partial charge >= 0.3 is 6.09 Å². The van der Waals surface area contributed by atoms with Gasteiger partial charge in [0.2, 0.25) is 0 Å². The summed E-state index contributed by atoms with van der Waals surface area (Å²) in [5.41, 5.74) is -0.428. The zero-order valence-electron chi connectivity index (χ0n) is 8.41. The number of carbonyl (C=O) groups excluding carboxylic acids is 1. The highest BCUT2D eigenvalue weighted by molar-refractivity contribution is 5.82. The second-order valence-electron chi connectivity index (χ2n) is 4.05. The summed E-state index contributed by atoms with van der Waals surface area (Å²) in [6, 6.07) is 0. The Morgan fingerprint density at radius 2 is 2.23 bits per heavy atom. The first-order valence-corrected chi connectivity index (χ1v) is 4.48. The molecule has 0 aromatic carbocycles. The van der Waals surface area contributed by atoms with E-state index >= 15 is 0 Å². The van der Waals surface area contributed by atoms with Crippen LogP contribution in [0.4, 0.5) is 4.79 Å². The number of nitrogens with zero attached hydrogens (tertiary/aromatic N) is 2. The van der Waals surface area contributed by atoms with E-state index in [9.17, 15) is 4.79 Å². The molecule has 0 aliphatic carbocycles. The number of ether oxygens (including phenoxy) is 1. The van der Waals surface area contributed by atoms with Crippen LogP contribution in [0.2, 0.25) is 0 Å². The van der Waals surface area contributed by atoms with Crippen LogP contribution in [0.25, 0.3) is 0 Å². The van der Waals surface area contributed by atoms with Crippen molar-refractivity contribution >= 4 is 12.4 Å². The van der Waals surface area contributed by atoms with Gasteiger partial charge in [0.1, 0.15) is 5.60 Å². The fourth-order valence-corrected chi connectivity index (χ4v) is 1.01. The van der Waals surface area contributed by atoms with Crippen LogP contribution in [0.15, 0.2) is 4.99 Å². The molecule has 0 bridgehead atoms. The van der Waals surface area contributed by atoms with Crippen molar-refractivity contribution in [2.45, 2.75) is 32.8 Å². The van der Waals surface area contributed by atoms with E-state index in [2.05, 4.69) is 4.99 Å². The van der Waals surface area contributed by atoms with Gasteiger partial charge in [-0.2, -0.15) is 0 Å². The standard InChI is InChI=1S/C9H16N2O2/c1-9(2,3)13-8(12)11-6-4-5-10-7-11/h7H,4-6H2,1-3H3. The van der Waals surface area contributed by atoms with Gasteiger partial charge in [-0.1, -0.05) is 0 Å². The highest BCUT2D eigenvalue weighted by Crippen LogP contribution is 2.10. The van der Waals surface area contributed by atoms with Crippen LogP contribution >= 0.6 is 0 Å². The minimum Gasteiger partial charge on any atom is -0.443 e. The number of aliphatic imine (C=N–C) groups is 1. The molecule has 0 aromatic rings. The average Bonchev–Trinajstić information content (AvgIpc) is 2.03. The molecule has 1 heterocycles. The van der Waals surface area contributed by atoms with Crippen LogP contribution < -0.4 is 0 Å². The second-order valence-corrected chi connectivity index (χ2v) is 4.05. The summed E-state index contributed by atoms with van der Waals surface area (Å²) in [5, 5.41) is 0. The average molecular weight is 184 g/mol. The number of carbonyl (C=O) groups is 1. The van der Waals surface area contributed by atoms with E-state index in [1.165, 1.54) is 4.90 Å². The summed E-state index contributed by atoms with van der Waals surface area (Å²) in [6.07, 6.45) is 2.16. The van der Waals surface area contributed by atoms with Crippen LogP contribution in [0, 0.1) is 0 Å². The zero-order chi connectivity index (χ0) is 9.90. The number of hydrogen-bond acceptors (Lipinski definition) is 3. The molecule has 0 spiro atoms. The predicted molar refractivity (Wildman–Crippen MR) is 50.9 cm³/mol. The van der Waals surface area contributed by atoms with Crippen LogP contribution in [0.1, 0.15) is 27.2 Å². The molecule has 0 unspecified atom stereocenters. The summed E-state index contributed by atoms with van der Waals surface area (Å²) in [5.74, 6) is 0.